The molecule has 2 aliphatic rings. The van der Waals surface area contributed by atoms with Gasteiger partial charge in [0.05, 0.1) is 23.5 Å². The van der Waals surface area contributed by atoms with Crippen LogP contribution in [0.5, 0.6) is 11.5 Å². The fourth-order valence-corrected chi connectivity index (χ4v) is 4.72. The molecule has 2 aliphatic heterocycles. The van der Waals surface area contributed by atoms with Crippen LogP contribution in [0.1, 0.15) is 16.9 Å². The number of ether oxygens (including phenoxy) is 3. The van der Waals surface area contributed by atoms with Crippen molar-refractivity contribution < 1.29 is 37.1 Å². The number of fused-ring (bicyclic) bond motifs is 1. The third-order valence-corrected chi connectivity index (χ3v) is 6.30. The lowest BCUT2D eigenvalue weighted by atomic mass is 10.1. The number of thioether (sulfide) groups is 1. The maximum Gasteiger partial charge on any atom is 0.387 e. The predicted molar refractivity (Wildman–Crippen MR) is 129 cm³/mol. The van der Waals surface area contributed by atoms with E-state index < -0.39 is 17.4 Å². The zero-order chi connectivity index (χ0) is 25.9. The topological polar surface area (TPSA) is 117 Å². The summed E-state index contributed by atoms with van der Waals surface area (Å²) in [6.07, 6.45) is 2.94. The van der Waals surface area contributed by atoms with Crippen LogP contribution in [0.3, 0.4) is 0 Å². The van der Waals surface area contributed by atoms with Gasteiger partial charge in [-0.15, -0.1) is 0 Å². The Morgan fingerprint density at radius 3 is 2.76 bits per heavy atom. The number of non-ortho nitro benzene ring substituents is 1. The number of aliphatic imine (C=N–C) groups is 1. The first-order valence-electron chi connectivity index (χ1n) is 10.8. The fourth-order valence-electron chi connectivity index (χ4n) is 3.74. The minimum atomic E-state index is -2.98. The molecule has 0 fully saturated rings. The second-order valence-corrected chi connectivity index (χ2v) is 8.64. The highest BCUT2D eigenvalue weighted by atomic mass is 32.2. The summed E-state index contributed by atoms with van der Waals surface area (Å²) in [6, 6.07) is 11.7. The Morgan fingerprint density at radius 2 is 2.05 bits per heavy atom. The van der Waals surface area contributed by atoms with Crippen molar-refractivity contribution in [2.24, 2.45) is 4.99 Å². The van der Waals surface area contributed by atoms with Gasteiger partial charge in [-0.1, -0.05) is 11.8 Å². The van der Waals surface area contributed by atoms with E-state index in [1.165, 1.54) is 53.6 Å². The van der Waals surface area contributed by atoms with E-state index in [-0.39, 0.29) is 41.5 Å². The molecule has 3 heterocycles. The summed E-state index contributed by atoms with van der Waals surface area (Å²) in [6.45, 7) is -2.80. The quantitative estimate of drug-likeness (QED) is 0.229. The number of nitro groups is 1. The number of nitrogens with zero attached hydrogens (tertiary/aromatic N) is 3. The van der Waals surface area contributed by atoms with Crippen LogP contribution in [0.25, 0.3) is 6.08 Å². The largest absolute Gasteiger partial charge is 0.467 e. The van der Waals surface area contributed by atoms with E-state index >= 15 is 0 Å². The number of halogens is 2. The van der Waals surface area contributed by atoms with Crippen molar-refractivity contribution >= 4 is 40.3 Å². The zero-order valence-corrected chi connectivity index (χ0v) is 19.7. The van der Waals surface area contributed by atoms with Crippen molar-refractivity contribution in [2.45, 2.75) is 19.0 Å². The van der Waals surface area contributed by atoms with E-state index in [1.54, 1.807) is 12.1 Å². The standard InChI is InChI=1S/C24H17F2N3O7S/c25-23(26)36-18-5-3-16(4-6-18)28-22(30)20(10-19-2-1-7-34-19)27-24(28)37-12-15-9-17(29(31)32)8-14-11-33-13-35-21(14)15/h1-10,23H,11-13H2. The van der Waals surface area contributed by atoms with Gasteiger partial charge in [-0.3, -0.25) is 19.8 Å². The molecule has 0 spiro atoms. The van der Waals surface area contributed by atoms with Gasteiger partial charge < -0.3 is 18.6 Å². The highest BCUT2D eigenvalue weighted by Crippen LogP contribution is 2.37. The van der Waals surface area contributed by atoms with E-state index in [0.717, 1.165) is 11.8 Å². The van der Waals surface area contributed by atoms with Crippen molar-refractivity contribution in [3.8, 4) is 11.5 Å². The molecule has 10 nitrogen and oxygen atoms in total. The zero-order valence-electron chi connectivity index (χ0n) is 18.8. The van der Waals surface area contributed by atoms with Crippen LogP contribution in [-0.4, -0.2) is 29.4 Å². The highest BCUT2D eigenvalue weighted by molar-refractivity contribution is 8.13. The van der Waals surface area contributed by atoms with Gasteiger partial charge in [0.2, 0.25) is 0 Å². The molecular weight excluding hydrogens is 512 g/mol. The van der Waals surface area contributed by atoms with Crippen LogP contribution < -0.4 is 14.4 Å². The lowest BCUT2D eigenvalue weighted by Crippen LogP contribution is -2.30. The molecule has 13 heteroatoms. The summed E-state index contributed by atoms with van der Waals surface area (Å²) in [7, 11) is 0. The molecule has 0 unspecified atom stereocenters. The Balaban J connectivity index is 1.47. The molecule has 0 aliphatic carbocycles. The molecule has 0 saturated heterocycles. The number of benzene rings is 2. The van der Waals surface area contributed by atoms with E-state index in [4.69, 9.17) is 13.9 Å². The van der Waals surface area contributed by atoms with Gasteiger partial charge in [-0.25, -0.2) is 4.99 Å². The van der Waals surface area contributed by atoms with Crippen LogP contribution in [0.15, 0.2) is 69.9 Å². The average Bonchev–Trinajstić information content (AvgIpc) is 3.50. The highest BCUT2D eigenvalue weighted by Gasteiger charge is 2.33. The second-order valence-electron chi connectivity index (χ2n) is 7.70. The number of carbonyl (C=O) groups is 1. The summed E-state index contributed by atoms with van der Waals surface area (Å²) in [4.78, 5) is 30.0. The molecule has 190 valence electrons. The third kappa shape index (κ3) is 5.32. The predicted octanol–water partition coefficient (Wildman–Crippen LogP) is 5.33. The number of furan rings is 1. The lowest BCUT2D eigenvalue weighted by molar-refractivity contribution is -0.385. The number of hydrogen-bond donors (Lipinski definition) is 0. The minimum Gasteiger partial charge on any atom is -0.467 e. The number of alkyl halides is 2. The molecule has 0 atom stereocenters. The minimum absolute atomic E-state index is 0.0110. The maximum absolute atomic E-state index is 13.3. The summed E-state index contributed by atoms with van der Waals surface area (Å²) < 4.78 is 45.6. The number of carbonyl (C=O) groups excluding carboxylic acids is 1. The fraction of sp³-hybridized carbons (Fsp3) is 0.167. The van der Waals surface area contributed by atoms with Gasteiger partial charge in [0.15, 0.2) is 12.0 Å². The van der Waals surface area contributed by atoms with Crippen molar-refractivity contribution in [1.82, 2.24) is 0 Å². The lowest BCUT2D eigenvalue weighted by Gasteiger charge is -2.21. The molecule has 0 radical (unpaired) electrons. The molecule has 37 heavy (non-hydrogen) atoms. The SMILES string of the molecule is O=C1C(=Cc2ccco2)N=C(SCc2cc([N+](=O)[O-])cc3c2OCOC3)N1c1ccc(OC(F)F)cc1. The van der Waals surface area contributed by atoms with Crippen molar-refractivity contribution in [3.63, 3.8) is 0 Å². The molecule has 1 amide bonds. The summed E-state index contributed by atoms with van der Waals surface area (Å²) in [5.41, 5.74) is 1.43. The third-order valence-electron chi connectivity index (χ3n) is 5.31. The number of amidine groups is 1. The number of nitro benzene ring substituents is 1. The first-order valence-corrected chi connectivity index (χ1v) is 11.7. The normalized spacial score (nSPS) is 16.1. The van der Waals surface area contributed by atoms with Crippen LogP contribution in [0.4, 0.5) is 20.2 Å². The molecular formula is C24H17F2N3O7S. The Labute approximate surface area is 212 Å². The Kier molecular flexibility index (Phi) is 6.88. The van der Waals surface area contributed by atoms with Crippen LogP contribution in [0.2, 0.25) is 0 Å². The van der Waals surface area contributed by atoms with Crippen LogP contribution in [0, 0.1) is 10.1 Å². The number of hydrogen-bond acceptors (Lipinski definition) is 9. The van der Waals surface area contributed by atoms with Crippen molar-refractivity contribution in [3.05, 3.63) is 87.5 Å². The number of anilines is 1. The van der Waals surface area contributed by atoms with Crippen LogP contribution in [-0.2, 0) is 21.9 Å². The van der Waals surface area contributed by atoms with Gasteiger partial charge in [0.25, 0.3) is 11.6 Å². The maximum atomic E-state index is 13.3. The molecule has 2 aromatic carbocycles. The first kappa shape index (κ1) is 24.5. The van der Waals surface area contributed by atoms with Gasteiger partial charge in [-0.2, -0.15) is 8.78 Å². The Morgan fingerprint density at radius 1 is 1.24 bits per heavy atom. The molecule has 0 N–H and O–H groups in total. The first-order chi connectivity index (χ1) is 17.9. The number of amides is 1. The van der Waals surface area contributed by atoms with Gasteiger partial charge in [0, 0.05) is 35.1 Å². The van der Waals surface area contributed by atoms with E-state index in [1.807, 2.05) is 0 Å². The van der Waals surface area contributed by atoms with E-state index in [9.17, 15) is 23.7 Å². The summed E-state index contributed by atoms with van der Waals surface area (Å²) >= 11 is 1.16. The van der Waals surface area contributed by atoms with Crippen LogP contribution >= 0.6 is 11.8 Å². The average molecular weight is 529 g/mol. The summed E-state index contributed by atoms with van der Waals surface area (Å²) in [5, 5.41) is 11.7. The second kappa shape index (κ2) is 10.4. The molecule has 0 bridgehead atoms. The molecule has 3 aromatic rings. The van der Waals surface area contributed by atoms with Crippen molar-refractivity contribution in [2.75, 3.05) is 11.7 Å². The van der Waals surface area contributed by atoms with Gasteiger partial charge in [0.1, 0.15) is 23.0 Å². The Hall–Kier alpha value is -4.23. The number of rotatable bonds is 7. The van der Waals surface area contributed by atoms with Crippen molar-refractivity contribution in [1.29, 1.82) is 0 Å². The molecule has 5 rings (SSSR count). The molecule has 1 aromatic heterocycles. The van der Waals surface area contributed by atoms with Gasteiger partial charge in [-0.05, 0) is 36.4 Å². The smallest absolute Gasteiger partial charge is 0.387 e. The monoisotopic (exact) mass is 529 g/mol. The molecule has 0 saturated carbocycles. The van der Waals surface area contributed by atoms with E-state index in [0.29, 0.717) is 28.3 Å². The summed E-state index contributed by atoms with van der Waals surface area (Å²) in [5.74, 6) is 0.561. The Bertz CT molecular complexity index is 1390. The van der Waals surface area contributed by atoms with Gasteiger partial charge >= 0.3 is 6.61 Å². The van der Waals surface area contributed by atoms with E-state index in [2.05, 4.69) is 9.73 Å².